The number of hydrogen-bond acceptors (Lipinski definition) is 6. The smallest absolute Gasteiger partial charge is 0.359 e. The second kappa shape index (κ2) is 8.31. The number of hydrogen-bond donors (Lipinski definition) is 3. The molecule has 0 aliphatic carbocycles. The largest absolute Gasteiger partial charge is 0.451 e. The molecular weight excluding hydrogens is 388 g/mol. The number of ether oxygens (including phenoxy) is 1. The number of nitrogens with one attached hydrogen (secondary N) is 3. The van der Waals surface area contributed by atoms with Crippen LogP contribution in [0.4, 0.5) is 0 Å². The first kappa shape index (κ1) is 19.1. The quantitative estimate of drug-likeness (QED) is 0.445. The summed E-state index contributed by atoms with van der Waals surface area (Å²) in [7, 11) is 0. The minimum Gasteiger partial charge on any atom is -0.451 e. The summed E-state index contributed by atoms with van der Waals surface area (Å²) in [6.45, 7) is -0.658. The highest BCUT2D eigenvalue weighted by atomic mass is 35.5. The van der Waals surface area contributed by atoms with E-state index in [-0.39, 0.29) is 16.6 Å². The maximum Gasteiger partial charge on any atom is 0.359 e. The molecule has 0 fully saturated rings. The number of carbonyl (C=O) groups excluding carboxylic acids is 3. The number of hydrazine groups is 1. The van der Waals surface area contributed by atoms with Gasteiger partial charge in [0.15, 0.2) is 12.3 Å². The van der Waals surface area contributed by atoms with Crippen LogP contribution in [0.5, 0.6) is 0 Å². The van der Waals surface area contributed by atoms with Gasteiger partial charge >= 0.3 is 5.97 Å². The highest BCUT2D eigenvalue weighted by molar-refractivity contribution is 6.30. The lowest BCUT2D eigenvalue weighted by molar-refractivity contribution is -0.125. The summed E-state index contributed by atoms with van der Waals surface area (Å²) in [6, 6.07) is 12.4. The number of H-pyrrole nitrogens is 1. The molecule has 1 aromatic heterocycles. The predicted octanol–water partition coefficient (Wildman–Crippen LogP) is 1.19. The van der Waals surface area contributed by atoms with Crippen LogP contribution in [0.2, 0.25) is 5.02 Å². The molecule has 28 heavy (non-hydrogen) atoms. The Morgan fingerprint density at radius 1 is 1.00 bits per heavy atom. The van der Waals surface area contributed by atoms with Gasteiger partial charge in [0.2, 0.25) is 0 Å². The van der Waals surface area contributed by atoms with Crippen molar-refractivity contribution >= 4 is 40.2 Å². The Hall–Kier alpha value is -3.72. The normalized spacial score (nSPS) is 10.3. The van der Waals surface area contributed by atoms with Crippen LogP contribution in [0.25, 0.3) is 10.8 Å². The van der Waals surface area contributed by atoms with E-state index in [1.165, 1.54) is 30.3 Å². The van der Waals surface area contributed by atoms with Gasteiger partial charge in [-0.1, -0.05) is 29.8 Å². The third kappa shape index (κ3) is 4.33. The molecule has 10 heteroatoms. The number of nitrogens with zero attached hydrogens (tertiary/aromatic N) is 1. The molecule has 0 aliphatic rings. The fourth-order valence-electron chi connectivity index (χ4n) is 2.31. The van der Waals surface area contributed by atoms with Gasteiger partial charge in [0, 0.05) is 16.0 Å². The van der Waals surface area contributed by atoms with Gasteiger partial charge in [-0.2, -0.15) is 5.10 Å². The van der Waals surface area contributed by atoms with E-state index >= 15 is 0 Å². The second-order valence-electron chi connectivity index (χ2n) is 5.53. The Kier molecular flexibility index (Phi) is 5.66. The number of halogens is 1. The van der Waals surface area contributed by atoms with Crippen molar-refractivity contribution in [2.24, 2.45) is 0 Å². The molecule has 0 spiro atoms. The van der Waals surface area contributed by atoms with E-state index in [0.29, 0.717) is 10.4 Å². The molecule has 1 heterocycles. The Balaban J connectivity index is 1.57. The lowest BCUT2D eigenvalue weighted by Gasteiger charge is -2.08. The molecule has 0 radical (unpaired) electrons. The number of amides is 2. The lowest BCUT2D eigenvalue weighted by atomic mass is 10.1. The van der Waals surface area contributed by atoms with Gasteiger partial charge in [0.05, 0.1) is 5.39 Å². The SMILES string of the molecule is O=C(COC(=O)c1n[nH]c(=O)c2ccccc12)NNC(=O)c1ccc(Cl)cc1. The molecule has 3 aromatic rings. The highest BCUT2D eigenvalue weighted by Crippen LogP contribution is 2.13. The van der Waals surface area contributed by atoms with E-state index < -0.39 is 29.9 Å². The number of aromatic amines is 1. The second-order valence-corrected chi connectivity index (χ2v) is 5.97. The molecular formula is C18H13ClN4O5. The summed E-state index contributed by atoms with van der Waals surface area (Å²) in [6.07, 6.45) is 0. The van der Waals surface area contributed by atoms with Gasteiger partial charge in [0.1, 0.15) is 0 Å². The molecule has 0 aliphatic heterocycles. The number of carbonyl (C=O) groups is 3. The predicted molar refractivity (Wildman–Crippen MR) is 99.7 cm³/mol. The molecule has 9 nitrogen and oxygen atoms in total. The third-order valence-electron chi connectivity index (χ3n) is 3.65. The first-order valence-corrected chi connectivity index (χ1v) is 8.33. The number of aromatic nitrogens is 2. The van der Waals surface area contributed by atoms with Gasteiger partial charge in [-0.15, -0.1) is 0 Å². The van der Waals surface area contributed by atoms with Crippen molar-refractivity contribution in [1.82, 2.24) is 21.0 Å². The zero-order valence-corrected chi connectivity index (χ0v) is 14.9. The Labute approximate surface area is 162 Å². The van der Waals surface area contributed by atoms with Crippen molar-refractivity contribution in [3.63, 3.8) is 0 Å². The van der Waals surface area contributed by atoms with Crippen LogP contribution in [-0.4, -0.2) is 34.6 Å². The van der Waals surface area contributed by atoms with Crippen LogP contribution in [0.15, 0.2) is 53.3 Å². The van der Waals surface area contributed by atoms with E-state index in [2.05, 4.69) is 21.0 Å². The molecule has 0 bridgehead atoms. The van der Waals surface area contributed by atoms with Crippen molar-refractivity contribution in [2.45, 2.75) is 0 Å². The van der Waals surface area contributed by atoms with Crippen molar-refractivity contribution in [3.05, 3.63) is 75.2 Å². The summed E-state index contributed by atoms with van der Waals surface area (Å²) in [4.78, 5) is 47.6. The molecule has 0 saturated heterocycles. The average molecular weight is 401 g/mol. The Bertz CT molecular complexity index is 1110. The number of esters is 1. The monoisotopic (exact) mass is 400 g/mol. The molecule has 0 unspecified atom stereocenters. The number of rotatable bonds is 4. The van der Waals surface area contributed by atoms with Crippen LogP contribution < -0.4 is 16.4 Å². The van der Waals surface area contributed by atoms with Gasteiger partial charge in [-0.3, -0.25) is 25.2 Å². The Morgan fingerprint density at radius 2 is 1.68 bits per heavy atom. The minimum atomic E-state index is -0.897. The van der Waals surface area contributed by atoms with Crippen LogP contribution in [0.1, 0.15) is 20.8 Å². The molecule has 0 atom stereocenters. The van der Waals surface area contributed by atoms with Crippen LogP contribution in [-0.2, 0) is 9.53 Å². The summed E-state index contributed by atoms with van der Waals surface area (Å²) in [5.41, 5.74) is 4.01. The lowest BCUT2D eigenvalue weighted by Crippen LogP contribution is -2.43. The number of benzene rings is 2. The van der Waals surface area contributed by atoms with E-state index in [1.54, 1.807) is 18.2 Å². The summed E-state index contributed by atoms with van der Waals surface area (Å²) < 4.78 is 4.89. The zero-order chi connectivity index (χ0) is 20.1. The maximum atomic E-state index is 12.2. The van der Waals surface area contributed by atoms with Crippen molar-refractivity contribution in [3.8, 4) is 0 Å². The van der Waals surface area contributed by atoms with Gasteiger partial charge in [0.25, 0.3) is 17.4 Å². The van der Waals surface area contributed by atoms with Crippen molar-refractivity contribution in [1.29, 1.82) is 0 Å². The molecule has 3 N–H and O–H groups in total. The van der Waals surface area contributed by atoms with E-state index in [1.807, 2.05) is 0 Å². The molecule has 3 rings (SSSR count). The van der Waals surface area contributed by atoms with Crippen molar-refractivity contribution < 1.29 is 19.1 Å². The minimum absolute atomic E-state index is 0.131. The fraction of sp³-hybridized carbons (Fsp3) is 0.0556. The topological polar surface area (TPSA) is 130 Å². The standard InChI is InChI=1S/C18H13ClN4O5/c19-11-7-5-10(6-8-11)16(25)22-20-14(24)9-28-18(27)15-12-3-1-2-4-13(12)17(26)23-21-15/h1-8H,9H2,(H,20,24)(H,22,25)(H,23,26). The maximum absolute atomic E-state index is 12.2. The zero-order valence-electron chi connectivity index (χ0n) is 14.2. The first-order chi connectivity index (χ1) is 13.5. The van der Waals surface area contributed by atoms with Crippen molar-refractivity contribution in [2.75, 3.05) is 6.61 Å². The van der Waals surface area contributed by atoms with E-state index in [9.17, 15) is 19.2 Å². The Morgan fingerprint density at radius 3 is 2.39 bits per heavy atom. The highest BCUT2D eigenvalue weighted by Gasteiger charge is 2.17. The summed E-state index contributed by atoms with van der Waals surface area (Å²) in [5.74, 6) is -2.22. The fourth-order valence-corrected chi connectivity index (χ4v) is 2.43. The van der Waals surface area contributed by atoms with Gasteiger partial charge in [-0.25, -0.2) is 9.89 Å². The van der Waals surface area contributed by atoms with E-state index in [0.717, 1.165) is 0 Å². The third-order valence-corrected chi connectivity index (χ3v) is 3.90. The van der Waals surface area contributed by atoms with Crippen LogP contribution >= 0.6 is 11.6 Å². The molecule has 0 saturated carbocycles. The average Bonchev–Trinajstić information content (AvgIpc) is 2.71. The molecule has 2 amide bonds. The van der Waals surface area contributed by atoms with Crippen LogP contribution in [0, 0.1) is 0 Å². The summed E-state index contributed by atoms with van der Waals surface area (Å²) >= 11 is 5.74. The van der Waals surface area contributed by atoms with E-state index in [4.69, 9.17) is 16.3 Å². The molecule has 2 aromatic carbocycles. The summed E-state index contributed by atoms with van der Waals surface area (Å²) in [5, 5.41) is 6.92. The van der Waals surface area contributed by atoms with Crippen LogP contribution in [0.3, 0.4) is 0 Å². The molecule has 142 valence electrons. The first-order valence-electron chi connectivity index (χ1n) is 7.95. The number of fused-ring (bicyclic) bond motifs is 1. The van der Waals surface area contributed by atoms with Gasteiger partial charge < -0.3 is 4.74 Å². The van der Waals surface area contributed by atoms with Gasteiger partial charge in [-0.05, 0) is 30.3 Å².